The number of carbonyl (C=O) groups is 2. The smallest absolute Gasteiger partial charge is 0.338 e. The zero-order chi connectivity index (χ0) is 16.5. The van der Waals surface area contributed by atoms with E-state index < -0.39 is 0 Å². The maximum Gasteiger partial charge on any atom is 0.338 e. The first-order valence-corrected chi connectivity index (χ1v) is 9.29. The van der Waals surface area contributed by atoms with Gasteiger partial charge in [0, 0.05) is 5.69 Å². The zero-order valence-corrected chi connectivity index (χ0v) is 14.5. The van der Waals surface area contributed by atoms with E-state index in [1.54, 1.807) is 35.6 Å². The van der Waals surface area contributed by atoms with Crippen molar-refractivity contribution in [3.8, 4) is 0 Å². The van der Waals surface area contributed by atoms with E-state index in [1.165, 1.54) is 11.8 Å². The topological polar surface area (TPSA) is 55.4 Å². The molecule has 1 N–H and O–H groups in total. The number of esters is 1. The molecule has 0 saturated heterocycles. The van der Waals surface area contributed by atoms with Crippen molar-refractivity contribution < 1.29 is 14.3 Å². The maximum absolute atomic E-state index is 11.9. The van der Waals surface area contributed by atoms with Gasteiger partial charge in [0.1, 0.15) is 0 Å². The Bertz CT molecular complexity index is 624. The van der Waals surface area contributed by atoms with Gasteiger partial charge in [-0.1, -0.05) is 19.4 Å². The Morgan fingerprint density at radius 3 is 2.65 bits per heavy atom. The monoisotopic (exact) mass is 349 g/mol. The van der Waals surface area contributed by atoms with Gasteiger partial charge in [-0.05, 0) is 42.1 Å². The lowest BCUT2D eigenvalue weighted by Gasteiger charge is -2.07. The van der Waals surface area contributed by atoms with Crippen LogP contribution in [0.5, 0.6) is 0 Å². The van der Waals surface area contributed by atoms with Gasteiger partial charge in [-0.2, -0.15) is 0 Å². The predicted molar refractivity (Wildman–Crippen MR) is 95.3 cm³/mol. The summed E-state index contributed by atoms with van der Waals surface area (Å²) in [5.74, 6) is -0.0346. The van der Waals surface area contributed by atoms with Crippen LogP contribution in [0.15, 0.2) is 46.0 Å². The molecule has 1 aromatic heterocycles. The molecule has 1 heterocycles. The van der Waals surface area contributed by atoms with Crippen LogP contribution in [0.3, 0.4) is 0 Å². The Labute approximate surface area is 144 Å². The second kappa shape index (κ2) is 9.37. The van der Waals surface area contributed by atoms with Gasteiger partial charge in [0.2, 0.25) is 5.91 Å². The maximum atomic E-state index is 11.9. The third-order valence-electron chi connectivity index (χ3n) is 2.98. The fourth-order valence-electron chi connectivity index (χ4n) is 1.76. The molecule has 0 aliphatic rings. The van der Waals surface area contributed by atoms with Crippen LogP contribution in [0.1, 0.15) is 30.1 Å². The van der Waals surface area contributed by atoms with Crippen molar-refractivity contribution in [1.29, 1.82) is 0 Å². The van der Waals surface area contributed by atoms with Crippen molar-refractivity contribution in [3.05, 3.63) is 47.3 Å². The predicted octanol–water partition coefficient (Wildman–Crippen LogP) is 4.44. The van der Waals surface area contributed by atoms with Gasteiger partial charge in [0.05, 0.1) is 22.1 Å². The van der Waals surface area contributed by atoms with Crippen LogP contribution in [0.2, 0.25) is 0 Å². The summed E-state index contributed by atoms with van der Waals surface area (Å²) in [6, 6.07) is 10.7. The Morgan fingerprint density at radius 2 is 2.00 bits per heavy atom. The van der Waals surface area contributed by atoms with Gasteiger partial charge in [0.25, 0.3) is 0 Å². The van der Waals surface area contributed by atoms with Crippen LogP contribution in [-0.2, 0) is 9.53 Å². The number of hydrogen-bond acceptors (Lipinski definition) is 5. The highest BCUT2D eigenvalue weighted by atomic mass is 32.2. The number of nitrogens with one attached hydrogen (secondary N) is 1. The minimum absolute atomic E-state index is 0.0679. The molecule has 1 amide bonds. The van der Waals surface area contributed by atoms with Crippen LogP contribution >= 0.6 is 23.1 Å². The normalized spacial score (nSPS) is 10.3. The Balaban J connectivity index is 1.79. The van der Waals surface area contributed by atoms with E-state index in [-0.39, 0.29) is 11.9 Å². The van der Waals surface area contributed by atoms with Crippen LogP contribution in [0, 0.1) is 0 Å². The van der Waals surface area contributed by atoms with Crippen molar-refractivity contribution in [1.82, 2.24) is 0 Å². The fourth-order valence-corrected chi connectivity index (χ4v) is 3.35. The van der Waals surface area contributed by atoms with E-state index in [4.69, 9.17) is 4.74 Å². The summed E-state index contributed by atoms with van der Waals surface area (Å²) < 4.78 is 6.26. The molecule has 23 heavy (non-hydrogen) atoms. The molecule has 0 atom stereocenters. The average molecular weight is 349 g/mol. The Kier molecular flexibility index (Phi) is 7.16. The summed E-state index contributed by atoms with van der Waals surface area (Å²) in [5, 5.41) is 4.80. The van der Waals surface area contributed by atoms with Gasteiger partial charge in [0.15, 0.2) is 0 Å². The molecule has 1 aromatic carbocycles. The lowest BCUT2D eigenvalue weighted by Crippen LogP contribution is -2.14. The van der Waals surface area contributed by atoms with Gasteiger partial charge in [-0.25, -0.2) is 4.79 Å². The van der Waals surface area contributed by atoms with Crippen LogP contribution in [0.25, 0.3) is 0 Å². The number of ether oxygens (including phenoxy) is 1. The minimum atomic E-state index is -0.329. The van der Waals surface area contributed by atoms with Crippen molar-refractivity contribution in [2.45, 2.75) is 24.0 Å². The molecule has 0 aliphatic heterocycles. The number of rotatable bonds is 8. The molecule has 2 aromatic rings. The first-order chi connectivity index (χ1) is 11.2. The number of amides is 1. The third kappa shape index (κ3) is 6.08. The Morgan fingerprint density at radius 1 is 1.22 bits per heavy atom. The summed E-state index contributed by atoms with van der Waals surface area (Å²) >= 11 is 3.12. The minimum Gasteiger partial charge on any atom is -0.462 e. The van der Waals surface area contributed by atoms with Gasteiger partial charge < -0.3 is 10.1 Å². The summed E-state index contributed by atoms with van der Waals surface area (Å²) in [5.41, 5.74) is 1.17. The standard InChI is InChI=1S/C17H19NO3S2/c1-2-3-10-21-17(20)13-6-8-14(9-7-13)18-15(19)12-23-16-5-4-11-22-16/h4-9,11H,2-3,10,12H2,1H3,(H,18,19). The molecule has 0 fully saturated rings. The first-order valence-electron chi connectivity index (χ1n) is 7.42. The number of hydrogen-bond donors (Lipinski definition) is 1. The number of unbranched alkanes of at least 4 members (excludes halogenated alkanes) is 1. The highest BCUT2D eigenvalue weighted by molar-refractivity contribution is 8.01. The second-order valence-electron chi connectivity index (χ2n) is 4.84. The van der Waals surface area contributed by atoms with Gasteiger partial charge in [-0.3, -0.25) is 4.79 Å². The quantitative estimate of drug-likeness (QED) is 0.435. The molecule has 0 aliphatic carbocycles. The average Bonchev–Trinajstić information content (AvgIpc) is 3.07. The van der Waals surface area contributed by atoms with Crippen molar-refractivity contribution in [2.75, 3.05) is 17.7 Å². The SMILES string of the molecule is CCCCOC(=O)c1ccc(NC(=O)CSc2cccs2)cc1. The Hall–Kier alpha value is -1.79. The van der Waals surface area contributed by atoms with Gasteiger partial charge >= 0.3 is 5.97 Å². The molecule has 0 saturated carbocycles. The highest BCUT2D eigenvalue weighted by Crippen LogP contribution is 2.23. The van der Waals surface area contributed by atoms with Crippen LogP contribution in [0.4, 0.5) is 5.69 Å². The third-order valence-corrected chi connectivity index (χ3v) is 5.11. The molecule has 0 bridgehead atoms. The fraction of sp³-hybridized carbons (Fsp3) is 0.294. The molecule has 4 nitrogen and oxygen atoms in total. The van der Waals surface area contributed by atoms with E-state index in [0.717, 1.165) is 17.1 Å². The lowest BCUT2D eigenvalue weighted by atomic mass is 10.2. The molecule has 0 spiro atoms. The van der Waals surface area contributed by atoms with E-state index in [1.807, 2.05) is 24.4 Å². The highest BCUT2D eigenvalue weighted by Gasteiger charge is 2.08. The number of benzene rings is 1. The summed E-state index contributed by atoms with van der Waals surface area (Å²) in [4.78, 5) is 23.7. The second-order valence-corrected chi connectivity index (χ2v) is 7.06. The van der Waals surface area contributed by atoms with Crippen molar-refractivity contribution in [2.24, 2.45) is 0 Å². The molecule has 0 unspecified atom stereocenters. The zero-order valence-electron chi connectivity index (χ0n) is 12.9. The largest absolute Gasteiger partial charge is 0.462 e. The molecule has 2 rings (SSSR count). The number of thioether (sulfide) groups is 1. The lowest BCUT2D eigenvalue weighted by molar-refractivity contribution is -0.113. The van der Waals surface area contributed by atoms with E-state index >= 15 is 0 Å². The molecule has 122 valence electrons. The van der Waals surface area contributed by atoms with Crippen molar-refractivity contribution >= 4 is 40.7 Å². The van der Waals surface area contributed by atoms with E-state index in [9.17, 15) is 9.59 Å². The first kappa shape index (κ1) is 17.6. The molecular weight excluding hydrogens is 330 g/mol. The summed E-state index contributed by atoms with van der Waals surface area (Å²) in [7, 11) is 0. The summed E-state index contributed by atoms with van der Waals surface area (Å²) in [6.07, 6.45) is 1.85. The van der Waals surface area contributed by atoms with E-state index in [0.29, 0.717) is 23.6 Å². The molecular formula is C17H19NO3S2. The molecule has 0 radical (unpaired) electrons. The molecule has 6 heteroatoms. The summed E-state index contributed by atoms with van der Waals surface area (Å²) in [6.45, 7) is 2.48. The van der Waals surface area contributed by atoms with Crippen LogP contribution in [-0.4, -0.2) is 24.2 Å². The van der Waals surface area contributed by atoms with Crippen LogP contribution < -0.4 is 5.32 Å². The van der Waals surface area contributed by atoms with Gasteiger partial charge in [-0.15, -0.1) is 23.1 Å². The number of carbonyl (C=O) groups excluding carboxylic acids is 2. The number of anilines is 1. The van der Waals surface area contributed by atoms with Crippen molar-refractivity contribution in [3.63, 3.8) is 0 Å². The van der Waals surface area contributed by atoms with E-state index in [2.05, 4.69) is 5.32 Å². The number of thiophene rings is 1.